The van der Waals surface area contributed by atoms with Gasteiger partial charge >= 0.3 is 0 Å². The van der Waals surface area contributed by atoms with Crippen LogP contribution in [0.5, 0.6) is 0 Å². The highest BCUT2D eigenvalue weighted by molar-refractivity contribution is 8.00. The third kappa shape index (κ3) is 4.11. The Hall–Kier alpha value is -2.88. The van der Waals surface area contributed by atoms with E-state index in [1.165, 1.54) is 16.8 Å². The number of aromatic nitrogens is 5. The van der Waals surface area contributed by atoms with E-state index >= 15 is 0 Å². The summed E-state index contributed by atoms with van der Waals surface area (Å²) in [4.78, 5) is 12.5. The van der Waals surface area contributed by atoms with E-state index in [0.717, 1.165) is 11.8 Å². The molecule has 0 unspecified atom stereocenters. The molecule has 0 spiro atoms. The fourth-order valence-electron chi connectivity index (χ4n) is 2.45. The maximum absolute atomic E-state index is 13.4. The SMILES string of the molecule is CC(C)n1nccc1NC(=O)[C@@H](C)Sc1nnc(-c2cccc(F)c2)n1N. The Morgan fingerprint density at radius 2 is 2.04 bits per heavy atom. The minimum atomic E-state index is -0.479. The number of halogens is 1. The Labute approximate surface area is 159 Å². The first-order chi connectivity index (χ1) is 12.9. The normalized spacial score (nSPS) is 12.3. The molecule has 0 aliphatic carbocycles. The second-order valence-electron chi connectivity index (χ2n) is 6.19. The van der Waals surface area contributed by atoms with Gasteiger partial charge in [-0.25, -0.2) is 13.7 Å². The molecule has 2 aromatic heterocycles. The molecule has 0 bridgehead atoms. The Bertz CT molecular complexity index is 952. The largest absolute Gasteiger partial charge is 0.335 e. The van der Waals surface area contributed by atoms with Crippen LogP contribution in [0.2, 0.25) is 0 Å². The fraction of sp³-hybridized carbons (Fsp3) is 0.294. The molecule has 0 aliphatic heterocycles. The number of amides is 1. The number of nitrogens with two attached hydrogens (primary N) is 1. The zero-order chi connectivity index (χ0) is 19.6. The highest BCUT2D eigenvalue weighted by Gasteiger charge is 2.21. The molecule has 0 saturated heterocycles. The number of hydrogen-bond acceptors (Lipinski definition) is 6. The minimum absolute atomic E-state index is 0.124. The number of nitrogen functional groups attached to an aromatic ring is 1. The van der Waals surface area contributed by atoms with Crippen LogP contribution in [-0.4, -0.2) is 35.8 Å². The summed E-state index contributed by atoms with van der Waals surface area (Å²) in [5.74, 6) is 6.38. The van der Waals surface area contributed by atoms with Gasteiger partial charge in [0.2, 0.25) is 11.1 Å². The van der Waals surface area contributed by atoms with Crippen molar-refractivity contribution in [2.24, 2.45) is 0 Å². The van der Waals surface area contributed by atoms with Crippen molar-refractivity contribution in [3.8, 4) is 11.4 Å². The molecule has 0 fully saturated rings. The molecule has 27 heavy (non-hydrogen) atoms. The molecule has 1 aromatic carbocycles. The smallest absolute Gasteiger partial charge is 0.238 e. The van der Waals surface area contributed by atoms with Gasteiger partial charge in [0, 0.05) is 17.7 Å². The van der Waals surface area contributed by atoms with Crippen molar-refractivity contribution in [1.29, 1.82) is 0 Å². The van der Waals surface area contributed by atoms with Gasteiger partial charge in [0.1, 0.15) is 11.6 Å². The third-order valence-corrected chi connectivity index (χ3v) is 4.87. The van der Waals surface area contributed by atoms with Gasteiger partial charge in [-0.05, 0) is 32.9 Å². The van der Waals surface area contributed by atoms with Gasteiger partial charge in [-0.2, -0.15) is 5.10 Å². The van der Waals surface area contributed by atoms with Crippen molar-refractivity contribution >= 4 is 23.5 Å². The summed E-state index contributed by atoms with van der Waals surface area (Å²) in [6, 6.07) is 7.78. The molecule has 0 aliphatic rings. The molecular formula is C17H20FN7OS. The maximum atomic E-state index is 13.4. The summed E-state index contributed by atoms with van der Waals surface area (Å²) < 4.78 is 16.4. The Kier molecular flexibility index (Phi) is 5.45. The lowest BCUT2D eigenvalue weighted by atomic mass is 10.2. The predicted octanol–water partition coefficient (Wildman–Crippen LogP) is 2.69. The number of thioether (sulfide) groups is 1. The topological polar surface area (TPSA) is 104 Å². The molecule has 1 amide bonds. The van der Waals surface area contributed by atoms with Crippen molar-refractivity contribution in [2.45, 2.75) is 37.2 Å². The zero-order valence-electron chi connectivity index (χ0n) is 15.1. The lowest BCUT2D eigenvalue weighted by Crippen LogP contribution is -2.25. The molecule has 0 saturated carbocycles. The highest BCUT2D eigenvalue weighted by Crippen LogP contribution is 2.26. The quantitative estimate of drug-likeness (QED) is 0.496. The molecule has 10 heteroatoms. The second kappa shape index (κ2) is 7.78. The standard InChI is InChI=1S/C17H20FN7OS/c1-10(2)25-14(7-8-20-25)21-16(26)11(3)27-17-23-22-15(24(17)19)12-5-4-6-13(18)9-12/h4-11H,19H2,1-3H3,(H,21,26)/t11-/m1/s1. The molecule has 3 rings (SSSR count). The third-order valence-electron chi connectivity index (χ3n) is 3.81. The first-order valence-electron chi connectivity index (χ1n) is 8.34. The number of benzene rings is 1. The van der Waals surface area contributed by atoms with Crippen LogP contribution in [0.25, 0.3) is 11.4 Å². The molecule has 8 nitrogen and oxygen atoms in total. The predicted molar refractivity (Wildman–Crippen MR) is 102 cm³/mol. The minimum Gasteiger partial charge on any atom is -0.335 e. The van der Waals surface area contributed by atoms with Crippen LogP contribution in [0.4, 0.5) is 10.2 Å². The van der Waals surface area contributed by atoms with E-state index < -0.39 is 5.25 Å². The zero-order valence-corrected chi connectivity index (χ0v) is 15.9. The number of nitrogens with zero attached hydrogens (tertiary/aromatic N) is 5. The van der Waals surface area contributed by atoms with Gasteiger partial charge in [0.05, 0.1) is 11.4 Å². The Morgan fingerprint density at radius 3 is 2.74 bits per heavy atom. The lowest BCUT2D eigenvalue weighted by Gasteiger charge is -2.14. The van der Waals surface area contributed by atoms with Gasteiger partial charge in [0.25, 0.3) is 0 Å². The van der Waals surface area contributed by atoms with Gasteiger partial charge < -0.3 is 11.2 Å². The van der Waals surface area contributed by atoms with Crippen LogP contribution in [0.3, 0.4) is 0 Å². The first-order valence-corrected chi connectivity index (χ1v) is 9.22. The van der Waals surface area contributed by atoms with Crippen molar-refractivity contribution in [2.75, 3.05) is 11.2 Å². The summed E-state index contributed by atoms with van der Waals surface area (Å²) in [6.45, 7) is 5.70. The van der Waals surface area contributed by atoms with Crippen LogP contribution in [0, 0.1) is 5.82 Å². The lowest BCUT2D eigenvalue weighted by molar-refractivity contribution is -0.115. The van der Waals surface area contributed by atoms with E-state index in [1.807, 2.05) is 13.8 Å². The number of hydrogen-bond donors (Lipinski definition) is 2. The van der Waals surface area contributed by atoms with Crippen LogP contribution < -0.4 is 11.2 Å². The van der Waals surface area contributed by atoms with Crippen LogP contribution >= 0.6 is 11.8 Å². The second-order valence-corrected chi connectivity index (χ2v) is 7.50. The van der Waals surface area contributed by atoms with Gasteiger partial charge in [0.15, 0.2) is 5.82 Å². The molecule has 1 atom stereocenters. The van der Waals surface area contributed by atoms with Crippen molar-refractivity contribution in [1.82, 2.24) is 24.7 Å². The van der Waals surface area contributed by atoms with Crippen molar-refractivity contribution in [3.05, 3.63) is 42.3 Å². The highest BCUT2D eigenvalue weighted by atomic mass is 32.2. The number of carbonyl (C=O) groups is 1. The monoisotopic (exact) mass is 389 g/mol. The number of anilines is 1. The molecule has 0 radical (unpaired) electrons. The summed E-state index contributed by atoms with van der Waals surface area (Å²) >= 11 is 1.16. The maximum Gasteiger partial charge on any atom is 0.238 e. The Morgan fingerprint density at radius 1 is 1.26 bits per heavy atom. The van der Waals surface area contributed by atoms with Crippen LogP contribution in [-0.2, 0) is 4.79 Å². The van der Waals surface area contributed by atoms with E-state index in [9.17, 15) is 9.18 Å². The van der Waals surface area contributed by atoms with E-state index in [2.05, 4.69) is 20.6 Å². The van der Waals surface area contributed by atoms with E-state index in [0.29, 0.717) is 22.4 Å². The van der Waals surface area contributed by atoms with Crippen LogP contribution in [0.15, 0.2) is 41.7 Å². The molecular weight excluding hydrogens is 369 g/mol. The fourth-order valence-corrected chi connectivity index (χ4v) is 3.22. The summed E-state index contributed by atoms with van der Waals surface area (Å²) in [5.41, 5.74) is 0.509. The van der Waals surface area contributed by atoms with Gasteiger partial charge in [-0.1, -0.05) is 23.9 Å². The van der Waals surface area contributed by atoms with E-state index in [-0.39, 0.29) is 17.8 Å². The number of rotatable bonds is 6. The Balaban J connectivity index is 1.72. The molecule has 3 aromatic rings. The molecule has 3 N–H and O–H groups in total. The van der Waals surface area contributed by atoms with E-state index in [4.69, 9.17) is 5.84 Å². The van der Waals surface area contributed by atoms with Crippen molar-refractivity contribution < 1.29 is 9.18 Å². The molecule has 2 heterocycles. The summed E-state index contributed by atoms with van der Waals surface area (Å²) in [7, 11) is 0. The van der Waals surface area contributed by atoms with Gasteiger partial charge in [-0.15, -0.1) is 10.2 Å². The summed E-state index contributed by atoms with van der Waals surface area (Å²) in [6.07, 6.45) is 1.63. The van der Waals surface area contributed by atoms with Crippen molar-refractivity contribution in [3.63, 3.8) is 0 Å². The summed E-state index contributed by atoms with van der Waals surface area (Å²) in [5, 5.41) is 14.9. The average Bonchev–Trinajstić information content (AvgIpc) is 3.22. The number of carbonyl (C=O) groups excluding carboxylic acids is 1. The molecule has 142 valence electrons. The number of nitrogens with one attached hydrogen (secondary N) is 1. The van der Waals surface area contributed by atoms with Crippen LogP contribution in [0.1, 0.15) is 26.8 Å². The first kappa shape index (κ1) is 18.9. The average molecular weight is 389 g/mol. The van der Waals surface area contributed by atoms with E-state index in [1.54, 1.807) is 36.0 Å². The van der Waals surface area contributed by atoms with Gasteiger partial charge in [-0.3, -0.25) is 4.79 Å².